The number of aryl methyl sites for hydroxylation is 1. The lowest BCUT2D eigenvalue weighted by Crippen LogP contribution is -2.40. The molecular formula is C15H27BrN4. The van der Waals surface area contributed by atoms with Gasteiger partial charge in [-0.25, -0.2) is 9.97 Å². The van der Waals surface area contributed by atoms with Crippen molar-refractivity contribution in [3.63, 3.8) is 0 Å². The van der Waals surface area contributed by atoms with Crippen molar-refractivity contribution in [3.05, 3.63) is 16.5 Å². The second-order valence-corrected chi connectivity index (χ2v) is 6.41. The van der Waals surface area contributed by atoms with Gasteiger partial charge < -0.3 is 5.32 Å². The van der Waals surface area contributed by atoms with Gasteiger partial charge in [0.25, 0.3) is 0 Å². The minimum atomic E-state index is 0.560. The number of hydrogen-bond donors (Lipinski definition) is 1. The van der Waals surface area contributed by atoms with E-state index in [1.54, 1.807) is 0 Å². The number of anilines is 1. The van der Waals surface area contributed by atoms with Gasteiger partial charge in [-0.3, -0.25) is 4.90 Å². The summed E-state index contributed by atoms with van der Waals surface area (Å²) in [4.78, 5) is 11.4. The second kappa shape index (κ2) is 8.57. The third kappa shape index (κ3) is 5.75. The lowest BCUT2D eigenvalue weighted by atomic mass is 10.2. The van der Waals surface area contributed by atoms with Crippen LogP contribution in [-0.4, -0.2) is 40.0 Å². The normalized spacial score (nSPS) is 11.7. The van der Waals surface area contributed by atoms with Gasteiger partial charge in [0.05, 0.1) is 0 Å². The van der Waals surface area contributed by atoms with Crippen LogP contribution in [0.3, 0.4) is 0 Å². The molecule has 1 N–H and O–H groups in total. The van der Waals surface area contributed by atoms with Crippen LogP contribution in [0.5, 0.6) is 0 Å². The van der Waals surface area contributed by atoms with Crippen molar-refractivity contribution in [2.75, 3.05) is 18.4 Å². The number of hydrogen-bond acceptors (Lipinski definition) is 4. The molecule has 5 heteroatoms. The first-order valence-electron chi connectivity index (χ1n) is 7.47. The molecule has 1 heterocycles. The zero-order chi connectivity index (χ0) is 15.1. The third-order valence-electron chi connectivity index (χ3n) is 3.22. The summed E-state index contributed by atoms with van der Waals surface area (Å²) in [6.07, 6.45) is 1.97. The summed E-state index contributed by atoms with van der Waals surface area (Å²) in [5.41, 5.74) is 0. The Labute approximate surface area is 131 Å². The van der Waals surface area contributed by atoms with Crippen LogP contribution >= 0.6 is 15.9 Å². The predicted molar refractivity (Wildman–Crippen MR) is 89.2 cm³/mol. The van der Waals surface area contributed by atoms with E-state index in [4.69, 9.17) is 0 Å². The number of rotatable bonds is 8. The van der Waals surface area contributed by atoms with Gasteiger partial charge in [0.1, 0.15) is 16.2 Å². The van der Waals surface area contributed by atoms with E-state index in [0.29, 0.717) is 12.1 Å². The van der Waals surface area contributed by atoms with Crippen LogP contribution in [0.2, 0.25) is 0 Å². The molecule has 0 unspecified atom stereocenters. The molecule has 0 spiro atoms. The molecule has 1 aromatic rings. The molecule has 0 aliphatic carbocycles. The first-order valence-corrected chi connectivity index (χ1v) is 8.26. The quantitative estimate of drug-likeness (QED) is 0.731. The van der Waals surface area contributed by atoms with Crippen LogP contribution in [0.4, 0.5) is 5.82 Å². The Balaban J connectivity index is 2.56. The number of nitrogens with zero attached hydrogens (tertiary/aromatic N) is 3. The molecule has 0 aliphatic heterocycles. The molecule has 0 fully saturated rings. The smallest absolute Gasteiger partial charge is 0.132 e. The van der Waals surface area contributed by atoms with Crippen molar-refractivity contribution < 1.29 is 0 Å². The first-order chi connectivity index (χ1) is 9.43. The Bertz CT molecular complexity index is 399. The lowest BCUT2D eigenvalue weighted by Gasteiger charge is -2.30. The molecule has 0 aliphatic rings. The summed E-state index contributed by atoms with van der Waals surface area (Å²) in [7, 11) is 0. The molecular weight excluding hydrogens is 316 g/mol. The van der Waals surface area contributed by atoms with Gasteiger partial charge >= 0.3 is 0 Å². The average Bonchev–Trinajstić information content (AvgIpc) is 2.33. The van der Waals surface area contributed by atoms with E-state index >= 15 is 0 Å². The Morgan fingerprint density at radius 3 is 2.40 bits per heavy atom. The van der Waals surface area contributed by atoms with Gasteiger partial charge in [0.2, 0.25) is 0 Å². The van der Waals surface area contributed by atoms with E-state index in [-0.39, 0.29) is 0 Å². The van der Waals surface area contributed by atoms with Gasteiger partial charge in [0.15, 0.2) is 0 Å². The highest BCUT2D eigenvalue weighted by Crippen LogP contribution is 2.13. The highest BCUT2D eigenvalue weighted by Gasteiger charge is 2.12. The van der Waals surface area contributed by atoms with Gasteiger partial charge in [-0.15, -0.1) is 0 Å². The maximum Gasteiger partial charge on any atom is 0.132 e. The molecule has 4 nitrogen and oxygen atoms in total. The van der Waals surface area contributed by atoms with Crippen molar-refractivity contribution in [1.29, 1.82) is 0 Å². The molecule has 0 saturated heterocycles. The fourth-order valence-corrected chi connectivity index (χ4v) is 2.74. The Morgan fingerprint density at radius 1 is 1.20 bits per heavy atom. The zero-order valence-electron chi connectivity index (χ0n) is 13.3. The number of halogens is 1. The largest absolute Gasteiger partial charge is 0.369 e. The maximum atomic E-state index is 4.54. The fraction of sp³-hybridized carbons (Fsp3) is 0.733. The van der Waals surface area contributed by atoms with Gasteiger partial charge in [0, 0.05) is 37.7 Å². The highest BCUT2D eigenvalue weighted by molar-refractivity contribution is 9.10. The third-order valence-corrected chi connectivity index (χ3v) is 3.62. The number of aromatic nitrogens is 2. The van der Waals surface area contributed by atoms with E-state index < -0.39 is 0 Å². The minimum Gasteiger partial charge on any atom is -0.369 e. The summed E-state index contributed by atoms with van der Waals surface area (Å²) in [6, 6.07) is 3.06. The van der Waals surface area contributed by atoms with Crippen LogP contribution < -0.4 is 5.32 Å². The molecule has 0 radical (unpaired) electrons. The molecule has 0 amide bonds. The minimum absolute atomic E-state index is 0.560. The van der Waals surface area contributed by atoms with E-state index in [0.717, 1.165) is 42.2 Å². The Morgan fingerprint density at radius 2 is 1.85 bits per heavy atom. The number of nitrogens with one attached hydrogen (secondary N) is 1. The van der Waals surface area contributed by atoms with Crippen LogP contribution in [-0.2, 0) is 6.42 Å². The molecule has 0 atom stereocenters. The molecule has 0 bridgehead atoms. The molecule has 0 saturated carbocycles. The summed E-state index contributed by atoms with van der Waals surface area (Å²) >= 11 is 3.45. The summed E-state index contributed by atoms with van der Waals surface area (Å²) < 4.78 is 0.850. The maximum absolute atomic E-state index is 4.54. The lowest BCUT2D eigenvalue weighted by molar-refractivity contribution is 0.182. The standard InChI is InChI=1S/C15H27BrN4/c1-6-7-14-18-13(16)10-15(19-14)17-8-9-20(11(2)3)12(4)5/h10-12H,6-9H2,1-5H3,(H,17,18,19). The molecule has 20 heavy (non-hydrogen) atoms. The summed E-state index contributed by atoms with van der Waals surface area (Å²) in [5, 5.41) is 3.40. The molecule has 1 rings (SSSR count). The molecule has 114 valence electrons. The predicted octanol–water partition coefficient (Wildman–Crippen LogP) is 3.72. The van der Waals surface area contributed by atoms with Gasteiger partial charge in [-0.2, -0.15) is 0 Å². The van der Waals surface area contributed by atoms with Gasteiger partial charge in [-0.1, -0.05) is 6.92 Å². The zero-order valence-corrected chi connectivity index (χ0v) is 14.9. The SMILES string of the molecule is CCCc1nc(Br)cc(NCCN(C(C)C)C(C)C)n1. The Hall–Kier alpha value is -0.680. The average molecular weight is 343 g/mol. The van der Waals surface area contributed by atoms with Crippen LogP contribution in [0.1, 0.15) is 46.9 Å². The van der Waals surface area contributed by atoms with Crippen molar-refractivity contribution in [2.24, 2.45) is 0 Å². The summed E-state index contributed by atoms with van der Waals surface area (Å²) in [5.74, 6) is 1.80. The fourth-order valence-electron chi connectivity index (χ4n) is 2.32. The van der Waals surface area contributed by atoms with Crippen molar-refractivity contribution in [3.8, 4) is 0 Å². The second-order valence-electron chi connectivity index (χ2n) is 5.59. The van der Waals surface area contributed by atoms with Crippen molar-refractivity contribution >= 4 is 21.7 Å². The molecule has 1 aromatic heterocycles. The van der Waals surface area contributed by atoms with E-state index in [2.05, 4.69) is 70.7 Å². The first kappa shape index (κ1) is 17.4. The van der Waals surface area contributed by atoms with Crippen molar-refractivity contribution in [1.82, 2.24) is 14.9 Å². The van der Waals surface area contributed by atoms with Crippen LogP contribution in [0.15, 0.2) is 10.7 Å². The van der Waals surface area contributed by atoms with E-state index in [9.17, 15) is 0 Å². The summed E-state index contributed by atoms with van der Waals surface area (Å²) in [6.45, 7) is 13.0. The van der Waals surface area contributed by atoms with E-state index in [1.165, 1.54) is 0 Å². The topological polar surface area (TPSA) is 41.1 Å². The van der Waals surface area contributed by atoms with Crippen molar-refractivity contribution in [2.45, 2.75) is 59.5 Å². The monoisotopic (exact) mass is 342 g/mol. The van der Waals surface area contributed by atoms with E-state index in [1.807, 2.05) is 6.07 Å². The van der Waals surface area contributed by atoms with Gasteiger partial charge in [-0.05, 0) is 50.0 Å². The van der Waals surface area contributed by atoms with Crippen LogP contribution in [0.25, 0.3) is 0 Å². The Kier molecular flexibility index (Phi) is 7.45. The molecule has 0 aromatic carbocycles. The van der Waals surface area contributed by atoms with Crippen LogP contribution in [0, 0.1) is 0 Å². The highest BCUT2D eigenvalue weighted by atomic mass is 79.9.